The highest BCUT2D eigenvalue weighted by molar-refractivity contribution is 5.85. The topological polar surface area (TPSA) is 96.4 Å². The Morgan fingerprint density at radius 2 is 2.21 bits per heavy atom. The number of hydrogen-bond acceptors (Lipinski definition) is 4. The van der Waals surface area contributed by atoms with Crippen molar-refractivity contribution in [3.8, 4) is 0 Å². The molecule has 5 nitrogen and oxygen atoms in total. The maximum atomic E-state index is 10.6. The zero-order valence-electron chi connectivity index (χ0n) is 7.71. The third kappa shape index (κ3) is 2.27. The first-order valence-corrected chi connectivity index (χ1v) is 4.16. The van der Waals surface area contributed by atoms with Crippen LogP contribution in [0.4, 0.5) is 0 Å². The number of nitrogens with zero attached hydrogens (tertiary/aromatic N) is 1. The molecule has 1 rings (SSSR count). The Hall–Kier alpha value is -1.46. The molecule has 1 heterocycles. The zero-order chi connectivity index (χ0) is 10.7. The normalized spacial score (nSPS) is 14.8. The lowest BCUT2D eigenvalue weighted by Gasteiger charge is -2.13. The van der Waals surface area contributed by atoms with E-state index in [0.29, 0.717) is 5.69 Å². The van der Waals surface area contributed by atoms with Gasteiger partial charge >= 0.3 is 5.97 Å². The Kier molecular flexibility index (Phi) is 3.16. The lowest BCUT2D eigenvalue weighted by molar-refractivity contribution is 0.0689. The van der Waals surface area contributed by atoms with Crippen molar-refractivity contribution < 1.29 is 15.0 Å². The van der Waals surface area contributed by atoms with E-state index in [0.717, 1.165) is 0 Å². The number of rotatable bonds is 3. The number of pyridine rings is 1. The predicted octanol–water partition coefficient (Wildman–Crippen LogP) is 0.160. The molecular weight excluding hydrogens is 184 g/mol. The van der Waals surface area contributed by atoms with Crippen LogP contribution < -0.4 is 5.73 Å². The lowest BCUT2D eigenvalue weighted by Crippen LogP contribution is -2.24. The summed E-state index contributed by atoms with van der Waals surface area (Å²) >= 11 is 0. The molecule has 0 aliphatic carbocycles. The van der Waals surface area contributed by atoms with E-state index in [1.165, 1.54) is 13.0 Å². The first-order chi connectivity index (χ1) is 6.52. The van der Waals surface area contributed by atoms with Gasteiger partial charge in [-0.15, -0.1) is 0 Å². The van der Waals surface area contributed by atoms with Crippen LogP contribution in [0.25, 0.3) is 0 Å². The van der Waals surface area contributed by atoms with Gasteiger partial charge in [0.2, 0.25) is 0 Å². The summed E-state index contributed by atoms with van der Waals surface area (Å²) in [5.41, 5.74) is 5.91. The van der Waals surface area contributed by atoms with Crippen molar-refractivity contribution in [3.63, 3.8) is 0 Å². The third-order valence-corrected chi connectivity index (χ3v) is 1.85. The zero-order valence-corrected chi connectivity index (χ0v) is 7.71. The highest BCUT2D eigenvalue weighted by atomic mass is 16.4. The summed E-state index contributed by atoms with van der Waals surface area (Å²) in [6.07, 6.45) is -0.758. The average Bonchev–Trinajstić information content (AvgIpc) is 2.16. The Morgan fingerprint density at radius 3 is 2.71 bits per heavy atom. The average molecular weight is 196 g/mol. The Bertz CT molecular complexity index is 339. The van der Waals surface area contributed by atoms with Crippen LogP contribution in [0.5, 0.6) is 0 Å². The number of carboxylic acids is 1. The molecule has 0 unspecified atom stereocenters. The number of aliphatic hydroxyl groups excluding tert-OH is 1. The van der Waals surface area contributed by atoms with Crippen LogP contribution in [0, 0.1) is 0 Å². The Morgan fingerprint density at radius 1 is 1.57 bits per heavy atom. The molecule has 0 aliphatic heterocycles. The first-order valence-electron chi connectivity index (χ1n) is 4.16. The van der Waals surface area contributed by atoms with Crippen molar-refractivity contribution in [2.45, 2.75) is 19.1 Å². The van der Waals surface area contributed by atoms with Crippen LogP contribution in [-0.2, 0) is 0 Å². The summed E-state index contributed by atoms with van der Waals surface area (Å²) < 4.78 is 0. The Balaban J connectivity index is 2.99. The molecule has 14 heavy (non-hydrogen) atoms. The van der Waals surface area contributed by atoms with Gasteiger partial charge in [-0.05, 0) is 19.1 Å². The number of hydrogen-bond donors (Lipinski definition) is 3. The molecule has 1 aromatic rings. The Labute approximate surface area is 81.2 Å². The standard InChI is InChI=1S/C9H12N2O3/c1-5(12)8(10)6-3-2-4-7(11-6)9(13)14/h2-5,8,12H,10H2,1H3,(H,13,14)/t5-,8+/m0/s1. The summed E-state index contributed by atoms with van der Waals surface area (Å²) in [5, 5.41) is 17.9. The van der Waals surface area contributed by atoms with E-state index in [9.17, 15) is 9.90 Å². The van der Waals surface area contributed by atoms with E-state index >= 15 is 0 Å². The highest BCUT2D eigenvalue weighted by Crippen LogP contribution is 2.11. The second-order valence-electron chi connectivity index (χ2n) is 3.02. The molecule has 0 saturated carbocycles. The molecule has 76 valence electrons. The van der Waals surface area contributed by atoms with E-state index in [1.807, 2.05) is 0 Å². The monoisotopic (exact) mass is 196 g/mol. The molecule has 5 heteroatoms. The van der Waals surface area contributed by atoms with Gasteiger partial charge in [-0.2, -0.15) is 0 Å². The summed E-state index contributed by atoms with van der Waals surface area (Å²) in [5.74, 6) is -1.11. The maximum Gasteiger partial charge on any atom is 0.354 e. The maximum absolute atomic E-state index is 10.6. The van der Waals surface area contributed by atoms with Gasteiger partial charge in [0.25, 0.3) is 0 Å². The van der Waals surface area contributed by atoms with E-state index < -0.39 is 18.1 Å². The van der Waals surface area contributed by atoms with Gasteiger partial charge in [0.1, 0.15) is 5.69 Å². The number of carboxylic acid groups (broad SMARTS) is 1. The van der Waals surface area contributed by atoms with Gasteiger partial charge in [0, 0.05) is 0 Å². The molecular formula is C9H12N2O3. The van der Waals surface area contributed by atoms with E-state index in [1.54, 1.807) is 12.1 Å². The van der Waals surface area contributed by atoms with Crippen LogP contribution in [0.3, 0.4) is 0 Å². The van der Waals surface area contributed by atoms with Crippen LogP contribution in [-0.4, -0.2) is 27.3 Å². The van der Waals surface area contributed by atoms with Crippen molar-refractivity contribution >= 4 is 5.97 Å². The van der Waals surface area contributed by atoms with E-state index in [4.69, 9.17) is 10.8 Å². The van der Waals surface area contributed by atoms with Gasteiger partial charge in [0.05, 0.1) is 17.8 Å². The molecule has 0 saturated heterocycles. The molecule has 0 spiro atoms. The van der Waals surface area contributed by atoms with Gasteiger partial charge < -0.3 is 15.9 Å². The SMILES string of the molecule is C[C@H](O)[C@@H](N)c1cccc(C(=O)O)n1. The third-order valence-electron chi connectivity index (χ3n) is 1.85. The minimum atomic E-state index is -1.11. The first kappa shape index (κ1) is 10.6. The largest absolute Gasteiger partial charge is 0.477 e. The molecule has 0 amide bonds. The minimum absolute atomic E-state index is 0.0707. The molecule has 0 fully saturated rings. The number of aliphatic hydroxyl groups is 1. The second-order valence-corrected chi connectivity index (χ2v) is 3.02. The summed E-state index contributed by atoms with van der Waals surface area (Å²) in [6.45, 7) is 1.53. The minimum Gasteiger partial charge on any atom is -0.477 e. The number of aromatic carboxylic acids is 1. The predicted molar refractivity (Wildman–Crippen MR) is 49.8 cm³/mol. The molecule has 1 aromatic heterocycles. The quantitative estimate of drug-likeness (QED) is 0.639. The summed E-state index contributed by atoms with van der Waals surface area (Å²) in [6, 6.07) is 3.85. The van der Waals surface area contributed by atoms with Gasteiger partial charge in [-0.1, -0.05) is 6.07 Å². The van der Waals surface area contributed by atoms with Crippen molar-refractivity contribution in [2.75, 3.05) is 0 Å². The van der Waals surface area contributed by atoms with Crippen LogP contribution in [0.2, 0.25) is 0 Å². The smallest absolute Gasteiger partial charge is 0.354 e. The van der Waals surface area contributed by atoms with Gasteiger partial charge in [-0.25, -0.2) is 9.78 Å². The lowest BCUT2D eigenvalue weighted by atomic mass is 10.1. The fourth-order valence-electron chi connectivity index (χ4n) is 1.00. The molecule has 4 N–H and O–H groups in total. The molecule has 0 bridgehead atoms. The second kappa shape index (κ2) is 4.17. The van der Waals surface area contributed by atoms with E-state index in [-0.39, 0.29) is 5.69 Å². The van der Waals surface area contributed by atoms with Crippen LogP contribution in [0.15, 0.2) is 18.2 Å². The molecule has 2 atom stereocenters. The van der Waals surface area contributed by atoms with Crippen LogP contribution in [0.1, 0.15) is 29.1 Å². The number of aromatic nitrogens is 1. The highest BCUT2D eigenvalue weighted by Gasteiger charge is 2.15. The van der Waals surface area contributed by atoms with Crippen LogP contribution >= 0.6 is 0 Å². The molecule has 0 radical (unpaired) electrons. The fraction of sp³-hybridized carbons (Fsp3) is 0.333. The molecule has 0 aromatic carbocycles. The van der Waals surface area contributed by atoms with Crippen molar-refractivity contribution in [1.29, 1.82) is 0 Å². The summed E-state index contributed by atoms with van der Waals surface area (Å²) in [4.78, 5) is 14.4. The molecule has 0 aliphatic rings. The van der Waals surface area contributed by atoms with Crippen molar-refractivity contribution in [3.05, 3.63) is 29.6 Å². The fourth-order valence-corrected chi connectivity index (χ4v) is 1.00. The summed E-state index contributed by atoms with van der Waals surface area (Å²) in [7, 11) is 0. The van der Waals surface area contributed by atoms with Gasteiger partial charge in [0.15, 0.2) is 0 Å². The van der Waals surface area contributed by atoms with E-state index in [2.05, 4.69) is 4.98 Å². The van der Waals surface area contributed by atoms with Crippen molar-refractivity contribution in [2.24, 2.45) is 5.73 Å². The number of carbonyl (C=O) groups is 1. The van der Waals surface area contributed by atoms with Gasteiger partial charge in [-0.3, -0.25) is 0 Å². The van der Waals surface area contributed by atoms with Crippen molar-refractivity contribution in [1.82, 2.24) is 4.98 Å². The number of nitrogens with two attached hydrogens (primary N) is 1.